The maximum absolute atomic E-state index is 13.1. The van der Waals surface area contributed by atoms with Gasteiger partial charge in [-0.05, 0) is 30.4 Å². The molecule has 0 aromatic heterocycles. The summed E-state index contributed by atoms with van der Waals surface area (Å²) < 4.78 is 66.2. The molecule has 1 aliphatic rings. The summed E-state index contributed by atoms with van der Waals surface area (Å²) in [6.07, 6.45) is -4.65. The van der Waals surface area contributed by atoms with Crippen molar-refractivity contribution in [1.29, 1.82) is 5.26 Å². The number of hydrogen-bond acceptors (Lipinski definition) is 3. The van der Waals surface area contributed by atoms with Crippen molar-refractivity contribution in [1.82, 2.24) is 4.31 Å². The fourth-order valence-electron chi connectivity index (χ4n) is 3.26. The summed E-state index contributed by atoms with van der Waals surface area (Å²) >= 11 is 0. The number of benzene rings is 1. The Morgan fingerprint density at radius 3 is 2.46 bits per heavy atom. The quantitative estimate of drug-likeness (QED) is 0.811. The van der Waals surface area contributed by atoms with E-state index in [1.54, 1.807) is 13.0 Å². The highest BCUT2D eigenvalue weighted by Crippen LogP contribution is 2.46. The topological polar surface area (TPSA) is 61.2 Å². The van der Waals surface area contributed by atoms with Crippen LogP contribution < -0.4 is 0 Å². The van der Waals surface area contributed by atoms with Crippen molar-refractivity contribution in [2.45, 2.75) is 38.3 Å². The predicted molar refractivity (Wildman–Crippen MR) is 82.6 cm³/mol. The van der Waals surface area contributed by atoms with Gasteiger partial charge in [0.1, 0.15) is 11.0 Å². The van der Waals surface area contributed by atoms with Gasteiger partial charge in [-0.1, -0.05) is 26.0 Å². The van der Waals surface area contributed by atoms with Gasteiger partial charge < -0.3 is 0 Å². The van der Waals surface area contributed by atoms with Crippen molar-refractivity contribution >= 4 is 10.0 Å². The van der Waals surface area contributed by atoms with Gasteiger partial charge in [-0.2, -0.15) is 22.7 Å². The average Bonchev–Trinajstić information content (AvgIpc) is 2.44. The van der Waals surface area contributed by atoms with Crippen molar-refractivity contribution in [3.8, 4) is 6.07 Å². The second kappa shape index (κ2) is 6.05. The third kappa shape index (κ3) is 3.28. The van der Waals surface area contributed by atoms with E-state index in [0.717, 1.165) is 4.31 Å². The van der Waals surface area contributed by atoms with Gasteiger partial charge in [-0.25, -0.2) is 8.42 Å². The maximum Gasteiger partial charge on any atom is 0.392 e. The summed E-state index contributed by atoms with van der Waals surface area (Å²) in [7, 11) is -4.02. The number of hydrogen-bond donors (Lipinski definition) is 0. The number of halogens is 3. The van der Waals surface area contributed by atoms with E-state index in [2.05, 4.69) is 0 Å². The van der Waals surface area contributed by atoms with Gasteiger partial charge >= 0.3 is 6.18 Å². The Balaban J connectivity index is 2.41. The minimum absolute atomic E-state index is 0.0354. The normalized spacial score (nSPS) is 22.1. The molecule has 1 saturated heterocycles. The maximum atomic E-state index is 13.1. The fraction of sp³-hybridized carbons (Fsp3) is 0.562. The molecule has 24 heavy (non-hydrogen) atoms. The number of nitrogens with zero attached hydrogens (tertiary/aromatic N) is 2. The zero-order chi connectivity index (χ0) is 18.3. The number of piperidine rings is 1. The molecule has 1 fully saturated rings. The molecule has 0 spiro atoms. The molecule has 0 amide bonds. The Hall–Kier alpha value is -1.59. The SMILES string of the molecule is Cc1cccc(S(=O)(=O)N2CCC(C(F)(F)F)C(C)(C)C2)c1C#N. The summed E-state index contributed by atoms with van der Waals surface area (Å²) in [5, 5.41) is 9.23. The first kappa shape index (κ1) is 18.7. The number of sulfonamides is 1. The van der Waals surface area contributed by atoms with Crippen LogP contribution in [0.4, 0.5) is 13.2 Å². The molecule has 8 heteroatoms. The van der Waals surface area contributed by atoms with Gasteiger partial charge in [0.2, 0.25) is 10.0 Å². The molecule has 1 unspecified atom stereocenters. The summed E-state index contributed by atoms with van der Waals surface area (Å²) in [4.78, 5) is -0.147. The molecule has 4 nitrogen and oxygen atoms in total. The second-order valence-corrected chi connectivity index (χ2v) is 8.68. The minimum Gasteiger partial charge on any atom is -0.207 e. The van der Waals surface area contributed by atoms with Crippen LogP contribution in [0.1, 0.15) is 31.4 Å². The molecule has 0 aliphatic carbocycles. The van der Waals surface area contributed by atoms with Gasteiger partial charge in [-0.15, -0.1) is 0 Å². The largest absolute Gasteiger partial charge is 0.392 e. The van der Waals surface area contributed by atoms with Crippen LogP contribution in [0.3, 0.4) is 0 Å². The van der Waals surface area contributed by atoms with Crippen LogP contribution in [-0.4, -0.2) is 32.0 Å². The van der Waals surface area contributed by atoms with Crippen molar-refractivity contribution in [2.75, 3.05) is 13.1 Å². The van der Waals surface area contributed by atoms with E-state index in [4.69, 9.17) is 0 Å². The lowest BCUT2D eigenvalue weighted by molar-refractivity contribution is -0.213. The third-order valence-corrected chi connectivity index (χ3v) is 6.44. The van der Waals surface area contributed by atoms with E-state index in [1.807, 2.05) is 6.07 Å². The molecule has 0 N–H and O–H groups in total. The Morgan fingerprint density at radius 1 is 1.33 bits per heavy atom. The fourth-order valence-corrected chi connectivity index (χ4v) is 5.10. The van der Waals surface area contributed by atoms with Crippen molar-refractivity contribution < 1.29 is 21.6 Å². The molecule has 0 saturated carbocycles. The average molecular weight is 360 g/mol. The van der Waals surface area contributed by atoms with Gasteiger partial charge in [0.05, 0.1) is 11.5 Å². The highest BCUT2D eigenvalue weighted by atomic mass is 32.2. The van der Waals surface area contributed by atoms with E-state index in [-0.39, 0.29) is 30.0 Å². The predicted octanol–water partition coefficient (Wildman–Crippen LogP) is 3.47. The van der Waals surface area contributed by atoms with E-state index >= 15 is 0 Å². The monoisotopic (exact) mass is 360 g/mol. The molecule has 1 aromatic carbocycles. The van der Waals surface area contributed by atoms with Crippen LogP contribution in [0.2, 0.25) is 0 Å². The highest BCUT2D eigenvalue weighted by Gasteiger charge is 2.52. The third-order valence-electron chi connectivity index (χ3n) is 4.55. The van der Waals surface area contributed by atoms with Crippen LogP contribution in [0, 0.1) is 29.6 Å². The zero-order valence-corrected chi connectivity index (χ0v) is 14.5. The lowest BCUT2D eigenvalue weighted by atomic mass is 9.74. The Labute approximate surface area is 139 Å². The number of nitriles is 1. The van der Waals surface area contributed by atoms with Crippen molar-refractivity contribution in [2.24, 2.45) is 11.3 Å². The van der Waals surface area contributed by atoms with Gasteiger partial charge in [0.25, 0.3) is 0 Å². The van der Waals surface area contributed by atoms with Crippen LogP contribution in [0.25, 0.3) is 0 Å². The Bertz CT molecular complexity index is 779. The Kier molecular flexibility index (Phi) is 4.72. The second-order valence-electron chi connectivity index (χ2n) is 6.77. The van der Waals surface area contributed by atoms with Crippen molar-refractivity contribution in [3.05, 3.63) is 29.3 Å². The molecule has 132 valence electrons. The van der Waals surface area contributed by atoms with Crippen LogP contribution in [0.15, 0.2) is 23.1 Å². The summed E-state index contributed by atoms with van der Waals surface area (Å²) in [6.45, 7) is 4.02. The van der Waals surface area contributed by atoms with Gasteiger partial charge in [0, 0.05) is 13.1 Å². The smallest absolute Gasteiger partial charge is 0.207 e. The summed E-state index contributed by atoms with van der Waals surface area (Å²) in [5.41, 5.74) is -0.684. The van der Waals surface area contributed by atoms with E-state index in [0.29, 0.717) is 5.56 Å². The van der Waals surface area contributed by atoms with Crippen molar-refractivity contribution in [3.63, 3.8) is 0 Å². The molecule has 1 atom stereocenters. The molecular weight excluding hydrogens is 341 g/mol. The van der Waals surface area contributed by atoms with E-state index in [1.165, 1.54) is 26.0 Å². The first-order chi connectivity index (χ1) is 10.9. The standard InChI is InChI=1S/C16H19F3N2O2S/c1-11-5-4-6-13(12(11)9-20)24(22,23)21-8-7-14(16(17,18)19)15(2,3)10-21/h4-6,14H,7-8,10H2,1-3H3. The highest BCUT2D eigenvalue weighted by molar-refractivity contribution is 7.89. The lowest BCUT2D eigenvalue weighted by Gasteiger charge is -2.44. The summed E-state index contributed by atoms with van der Waals surface area (Å²) in [5.74, 6) is -1.55. The Morgan fingerprint density at radius 2 is 1.96 bits per heavy atom. The molecule has 1 heterocycles. The van der Waals surface area contributed by atoms with E-state index in [9.17, 15) is 26.9 Å². The first-order valence-electron chi connectivity index (χ1n) is 7.48. The molecule has 0 bridgehead atoms. The minimum atomic E-state index is -4.36. The molecular formula is C16H19F3N2O2S. The molecule has 1 aliphatic heterocycles. The van der Waals surface area contributed by atoms with Gasteiger partial charge in [-0.3, -0.25) is 0 Å². The number of aryl methyl sites for hydroxylation is 1. The lowest BCUT2D eigenvalue weighted by Crippen LogP contribution is -2.52. The van der Waals surface area contributed by atoms with Gasteiger partial charge in [0.15, 0.2) is 0 Å². The number of rotatable bonds is 2. The molecule has 1 aromatic rings. The first-order valence-corrected chi connectivity index (χ1v) is 8.92. The summed E-state index contributed by atoms with van der Waals surface area (Å²) in [6, 6.07) is 6.35. The van der Waals surface area contributed by atoms with Crippen LogP contribution in [0.5, 0.6) is 0 Å². The van der Waals surface area contributed by atoms with Crippen LogP contribution >= 0.6 is 0 Å². The number of alkyl halides is 3. The van der Waals surface area contributed by atoms with Crippen LogP contribution in [-0.2, 0) is 10.0 Å². The zero-order valence-electron chi connectivity index (χ0n) is 13.7. The van der Waals surface area contributed by atoms with E-state index < -0.39 is 27.5 Å². The molecule has 0 radical (unpaired) electrons. The molecule has 2 rings (SSSR count).